The van der Waals surface area contributed by atoms with Crippen LogP contribution in [0.25, 0.3) is 11.0 Å². The number of aromatic nitrogens is 2. The number of benzene rings is 2. The van der Waals surface area contributed by atoms with Gasteiger partial charge in [-0.1, -0.05) is 30.3 Å². The van der Waals surface area contributed by atoms with Crippen LogP contribution in [0, 0.1) is 6.92 Å². The normalized spacial score (nSPS) is 17.9. The van der Waals surface area contributed by atoms with Crippen LogP contribution in [0.3, 0.4) is 0 Å². The lowest BCUT2D eigenvalue weighted by Crippen LogP contribution is -2.30. The lowest BCUT2D eigenvalue weighted by molar-refractivity contribution is 0.562. The van der Waals surface area contributed by atoms with E-state index in [-0.39, 0.29) is 0 Å². The van der Waals surface area contributed by atoms with Crippen molar-refractivity contribution in [3.05, 3.63) is 65.0 Å². The van der Waals surface area contributed by atoms with Gasteiger partial charge >= 0.3 is 0 Å². The van der Waals surface area contributed by atoms with Crippen molar-refractivity contribution < 1.29 is 0 Å². The summed E-state index contributed by atoms with van der Waals surface area (Å²) >= 11 is 0. The quantitative estimate of drug-likeness (QED) is 0.740. The van der Waals surface area contributed by atoms with Crippen LogP contribution in [0.4, 0.5) is 0 Å². The van der Waals surface area contributed by atoms with Crippen molar-refractivity contribution in [1.29, 1.82) is 0 Å². The second-order valence-electron chi connectivity index (χ2n) is 5.90. The molecule has 0 spiro atoms. The van der Waals surface area contributed by atoms with E-state index in [0.29, 0.717) is 5.92 Å². The first-order valence-corrected chi connectivity index (χ1v) is 7.45. The first kappa shape index (κ1) is 12.6. The highest BCUT2D eigenvalue weighted by molar-refractivity contribution is 5.77. The SMILES string of the molecule is Cc1ccc2c(c1)nc(C1CNCc3ccccc31)n2C. The number of nitrogens with zero attached hydrogens (tertiary/aromatic N) is 2. The average molecular weight is 277 g/mol. The lowest BCUT2D eigenvalue weighted by atomic mass is 9.90. The fourth-order valence-electron chi connectivity index (χ4n) is 3.37. The van der Waals surface area contributed by atoms with E-state index < -0.39 is 0 Å². The number of rotatable bonds is 1. The summed E-state index contributed by atoms with van der Waals surface area (Å²) in [5.74, 6) is 1.47. The van der Waals surface area contributed by atoms with Gasteiger partial charge in [0.2, 0.25) is 0 Å². The molecule has 106 valence electrons. The van der Waals surface area contributed by atoms with Gasteiger partial charge in [0, 0.05) is 20.1 Å². The van der Waals surface area contributed by atoms with Gasteiger partial charge < -0.3 is 9.88 Å². The van der Waals surface area contributed by atoms with Gasteiger partial charge in [-0.05, 0) is 35.7 Å². The van der Waals surface area contributed by atoms with Crippen LogP contribution in [0.1, 0.15) is 28.4 Å². The van der Waals surface area contributed by atoms with Crippen molar-refractivity contribution in [2.75, 3.05) is 6.54 Å². The van der Waals surface area contributed by atoms with Crippen molar-refractivity contribution >= 4 is 11.0 Å². The Hall–Kier alpha value is -2.13. The van der Waals surface area contributed by atoms with Gasteiger partial charge in [-0.2, -0.15) is 0 Å². The number of hydrogen-bond acceptors (Lipinski definition) is 2. The van der Waals surface area contributed by atoms with Gasteiger partial charge in [0.1, 0.15) is 5.82 Å². The maximum absolute atomic E-state index is 4.92. The highest BCUT2D eigenvalue weighted by Gasteiger charge is 2.25. The Bertz CT molecular complexity index is 816. The van der Waals surface area contributed by atoms with Gasteiger partial charge in [-0.15, -0.1) is 0 Å². The maximum Gasteiger partial charge on any atom is 0.118 e. The fourth-order valence-corrected chi connectivity index (χ4v) is 3.37. The van der Waals surface area contributed by atoms with Crippen molar-refractivity contribution in [3.8, 4) is 0 Å². The van der Waals surface area contributed by atoms with Crippen LogP contribution in [0.5, 0.6) is 0 Å². The number of hydrogen-bond donors (Lipinski definition) is 1. The van der Waals surface area contributed by atoms with E-state index >= 15 is 0 Å². The average Bonchev–Trinajstić information content (AvgIpc) is 2.83. The molecule has 1 atom stereocenters. The van der Waals surface area contributed by atoms with E-state index in [9.17, 15) is 0 Å². The Balaban J connectivity index is 1.90. The van der Waals surface area contributed by atoms with Gasteiger partial charge in [0.15, 0.2) is 0 Å². The van der Waals surface area contributed by atoms with E-state index in [1.165, 1.54) is 22.2 Å². The Morgan fingerprint density at radius 2 is 2.05 bits per heavy atom. The van der Waals surface area contributed by atoms with Crippen molar-refractivity contribution in [2.45, 2.75) is 19.4 Å². The van der Waals surface area contributed by atoms with Crippen LogP contribution < -0.4 is 5.32 Å². The largest absolute Gasteiger partial charge is 0.331 e. The molecule has 1 aromatic heterocycles. The summed E-state index contributed by atoms with van der Waals surface area (Å²) in [6.45, 7) is 4.02. The molecule has 21 heavy (non-hydrogen) atoms. The third kappa shape index (κ3) is 1.96. The van der Waals surface area contributed by atoms with Crippen LogP contribution in [0.2, 0.25) is 0 Å². The monoisotopic (exact) mass is 277 g/mol. The molecule has 3 aromatic rings. The summed E-state index contributed by atoms with van der Waals surface area (Å²) in [6, 6.07) is 15.2. The molecule has 1 aliphatic rings. The standard InChI is InChI=1S/C18H19N3/c1-12-7-8-17-16(9-12)20-18(21(17)2)15-11-19-10-13-5-3-4-6-14(13)15/h3-9,15,19H,10-11H2,1-2H3. The summed E-state index contributed by atoms with van der Waals surface area (Å²) in [5.41, 5.74) is 6.35. The predicted molar refractivity (Wildman–Crippen MR) is 85.4 cm³/mol. The molecular weight excluding hydrogens is 258 g/mol. The van der Waals surface area contributed by atoms with Gasteiger partial charge in [-0.3, -0.25) is 0 Å². The first-order valence-electron chi connectivity index (χ1n) is 7.45. The molecule has 3 heteroatoms. The molecule has 1 unspecified atom stereocenters. The Kier molecular flexibility index (Phi) is 2.82. The minimum absolute atomic E-state index is 0.327. The van der Waals surface area contributed by atoms with Crippen LogP contribution >= 0.6 is 0 Å². The van der Waals surface area contributed by atoms with Crippen LogP contribution in [-0.2, 0) is 13.6 Å². The molecule has 3 nitrogen and oxygen atoms in total. The fraction of sp³-hybridized carbons (Fsp3) is 0.278. The second-order valence-corrected chi connectivity index (χ2v) is 5.90. The summed E-state index contributed by atoms with van der Waals surface area (Å²) in [7, 11) is 2.12. The van der Waals surface area contributed by atoms with Crippen LogP contribution in [-0.4, -0.2) is 16.1 Å². The van der Waals surface area contributed by atoms with Gasteiger partial charge in [0.25, 0.3) is 0 Å². The molecule has 1 aliphatic heterocycles. The minimum atomic E-state index is 0.327. The molecule has 0 saturated carbocycles. The molecule has 1 N–H and O–H groups in total. The molecular formula is C18H19N3. The number of imidazole rings is 1. The third-order valence-corrected chi connectivity index (χ3v) is 4.48. The number of aryl methyl sites for hydroxylation is 2. The zero-order valence-electron chi connectivity index (χ0n) is 12.4. The summed E-state index contributed by atoms with van der Waals surface area (Å²) in [4.78, 5) is 4.92. The Labute approximate surface area is 124 Å². The van der Waals surface area contributed by atoms with E-state index in [2.05, 4.69) is 66.3 Å². The number of fused-ring (bicyclic) bond motifs is 2. The summed E-state index contributed by atoms with van der Waals surface area (Å²) in [5, 5.41) is 3.52. The molecule has 0 radical (unpaired) electrons. The highest BCUT2D eigenvalue weighted by atomic mass is 15.1. The molecule has 0 fully saturated rings. The molecule has 0 saturated heterocycles. The van der Waals surface area contributed by atoms with Crippen molar-refractivity contribution in [1.82, 2.24) is 14.9 Å². The zero-order chi connectivity index (χ0) is 14.4. The molecule has 2 heterocycles. The maximum atomic E-state index is 4.92. The minimum Gasteiger partial charge on any atom is -0.331 e. The van der Waals surface area contributed by atoms with Gasteiger partial charge in [-0.25, -0.2) is 4.98 Å². The number of nitrogens with one attached hydrogen (secondary N) is 1. The Morgan fingerprint density at radius 3 is 2.95 bits per heavy atom. The zero-order valence-corrected chi connectivity index (χ0v) is 12.4. The highest BCUT2D eigenvalue weighted by Crippen LogP contribution is 2.31. The van der Waals surface area contributed by atoms with E-state index in [4.69, 9.17) is 4.98 Å². The van der Waals surface area contributed by atoms with Crippen molar-refractivity contribution in [2.24, 2.45) is 7.05 Å². The molecule has 0 bridgehead atoms. The smallest absolute Gasteiger partial charge is 0.118 e. The summed E-state index contributed by atoms with van der Waals surface area (Å²) in [6.07, 6.45) is 0. The molecule has 2 aromatic carbocycles. The lowest BCUT2D eigenvalue weighted by Gasteiger charge is -2.26. The summed E-state index contributed by atoms with van der Waals surface area (Å²) < 4.78 is 2.24. The first-order chi connectivity index (χ1) is 10.2. The van der Waals surface area contributed by atoms with E-state index in [1.54, 1.807) is 0 Å². The van der Waals surface area contributed by atoms with Gasteiger partial charge in [0.05, 0.1) is 17.0 Å². The van der Waals surface area contributed by atoms with Crippen molar-refractivity contribution in [3.63, 3.8) is 0 Å². The van der Waals surface area contributed by atoms with Crippen LogP contribution in [0.15, 0.2) is 42.5 Å². The molecule has 4 rings (SSSR count). The van der Waals surface area contributed by atoms with E-state index in [0.717, 1.165) is 24.4 Å². The Morgan fingerprint density at radius 1 is 1.19 bits per heavy atom. The second kappa shape index (κ2) is 4.71. The molecule has 0 aliphatic carbocycles. The topological polar surface area (TPSA) is 29.9 Å². The molecule has 0 amide bonds. The predicted octanol–water partition coefficient (Wildman–Crippen LogP) is 3.12. The third-order valence-electron chi connectivity index (χ3n) is 4.48. The van der Waals surface area contributed by atoms with E-state index in [1.807, 2.05) is 0 Å².